The van der Waals surface area contributed by atoms with Gasteiger partial charge in [-0.15, -0.1) is 0 Å². The minimum Gasteiger partial charge on any atom is -0.489 e. The molecular formula is C25H25ClN2O6. The molecule has 178 valence electrons. The fourth-order valence-corrected chi connectivity index (χ4v) is 3.50. The van der Waals surface area contributed by atoms with Gasteiger partial charge >= 0.3 is 5.97 Å². The van der Waals surface area contributed by atoms with E-state index in [1.165, 1.54) is 0 Å². The highest BCUT2D eigenvalue weighted by Gasteiger charge is 2.16. The van der Waals surface area contributed by atoms with Gasteiger partial charge in [0.15, 0.2) is 0 Å². The molecule has 0 aliphatic carbocycles. The molecule has 0 saturated heterocycles. The van der Waals surface area contributed by atoms with E-state index in [0.717, 1.165) is 22.3 Å². The highest BCUT2D eigenvalue weighted by atomic mass is 35.5. The van der Waals surface area contributed by atoms with E-state index in [1.807, 2.05) is 19.1 Å². The number of hydrogen-bond donors (Lipinski definition) is 3. The number of aliphatic hydroxyl groups excluding tert-OH is 1. The molecule has 3 rings (SSSR count). The third-order valence-corrected chi connectivity index (χ3v) is 5.23. The molecule has 0 spiro atoms. The number of ether oxygens (including phenoxy) is 2. The molecule has 34 heavy (non-hydrogen) atoms. The predicted octanol–water partition coefficient (Wildman–Crippen LogP) is 4.46. The third-order valence-electron chi connectivity index (χ3n) is 4.90. The second-order valence-corrected chi connectivity index (χ2v) is 7.76. The molecule has 0 radical (unpaired) electrons. The maximum atomic E-state index is 11.3. The van der Waals surface area contributed by atoms with Crippen LogP contribution in [-0.4, -0.2) is 40.3 Å². The summed E-state index contributed by atoms with van der Waals surface area (Å²) in [5, 5.41) is 20.9. The van der Waals surface area contributed by atoms with Crippen molar-refractivity contribution in [3.05, 3.63) is 76.9 Å². The first kappa shape index (κ1) is 25.2. The van der Waals surface area contributed by atoms with E-state index < -0.39 is 24.6 Å². The number of hydrogen-bond acceptors (Lipinski definition) is 6. The lowest BCUT2D eigenvalue weighted by atomic mass is 10.0. The molecule has 1 atom stereocenters. The third kappa shape index (κ3) is 7.02. The minimum atomic E-state index is -0.919. The van der Waals surface area contributed by atoms with Crippen LogP contribution in [0.2, 0.25) is 5.02 Å². The lowest BCUT2D eigenvalue weighted by molar-refractivity contribution is -0.140. The maximum Gasteiger partial charge on any atom is 0.306 e. The summed E-state index contributed by atoms with van der Waals surface area (Å²) in [4.78, 5) is 26.5. The number of halogens is 1. The van der Waals surface area contributed by atoms with E-state index in [9.17, 15) is 9.59 Å². The first-order valence-electron chi connectivity index (χ1n) is 10.6. The molecule has 8 nitrogen and oxygen atoms in total. The van der Waals surface area contributed by atoms with Gasteiger partial charge < -0.3 is 25.0 Å². The molecule has 1 amide bonds. The Bertz CT molecular complexity index is 1120. The number of nitrogens with zero attached hydrogens (tertiary/aromatic N) is 1. The predicted molar refractivity (Wildman–Crippen MR) is 128 cm³/mol. The second kappa shape index (κ2) is 12.1. The fourth-order valence-electron chi connectivity index (χ4n) is 3.27. The summed E-state index contributed by atoms with van der Waals surface area (Å²) < 4.78 is 11.4. The topological polar surface area (TPSA) is 118 Å². The number of benzene rings is 2. The highest BCUT2D eigenvalue weighted by molar-refractivity contribution is 6.33. The normalized spacial score (nSPS) is 11.6. The van der Waals surface area contributed by atoms with Crippen molar-refractivity contribution in [3.8, 4) is 16.9 Å². The lowest BCUT2D eigenvalue weighted by Crippen LogP contribution is -2.16. The Kier molecular flexibility index (Phi) is 8.98. The van der Waals surface area contributed by atoms with Crippen molar-refractivity contribution >= 4 is 29.3 Å². The number of anilines is 1. The minimum absolute atomic E-state index is 0.106. The number of carboxylic acids is 1. The van der Waals surface area contributed by atoms with Gasteiger partial charge in [-0.05, 0) is 54.4 Å². The number of aliphatic hydroxyl groups is 1. The van der Waals surface area contributed by atoms with Crippen molar-refractivity contribution in [2.45, 2.75) is 26.1 Å². The molecule has 3 aromatic rings. The van der Waals surface area contributed by atoms with Gasteiger partial charge in [0.2, 0.25) is 0 Å². The molecule has 0 aliphatic heterocycles. The van der Waals surface area contributed by atoms with Gasteiger partial charge in [-0.1, -0.05) is 29.8 Å². The van der Waals surface area contributed by atoms with Gasteiger partial charge in [-0.25, -0.2) is 4.98 Å². The standard InChI is InChI=1S/C25H25ClN2O6/c1-2-33-22(12-25(31)32)17-4-7-19(8-5-17)34-15-16-3-9-21(26)20(11-16)18-6-10-23(27-13-18)28-24(30)14-29/h3-11,13,22,29H,2,12,14-15H2,1H3,(H,31,32)(H,27,28,30)/t22-/m0/s1. The molecule has 3 N–H and O–H groups in total. The Morgan fingerprint density at radius 1 is 1.12 bits per heavy atom. The van der Waals surface area contributed by atoms with Crippen LogP contribution in [0.15, 0.2) is 60.8 Å². The number of pyridine rings is 1. The van der Waals surface area contributed by atoms with Crippen molar-refractivity contribution in [2.24, 2.45) is 0 Å². The van der Waals surface area contributed by atoms with Crippen LogP contribution >= 0.6 is 11.6 Å². The summed E-state index contributed by atoms with van der Waals surface area (Å²) in [7, 11) is 0. The molecule has 0 fully saturated rings. The summed E-state index contributed by atoms with van der Waals surface area (Å²) in [5.74, 6) is -0.494. The zero-order chi connectivity index (χ0) is 24.5. The van der Waals surface area contributed by atoms with Crippen LogP contribution in [0.5, 0.6) is 5.75 Å². The van der Waals surface area contributed by atoms with E-state index in [2.05, 4.69) is 10.3 Å². The first-order valence-corrected chi connectivity index (χ1v) is 11.0. The van der Waals surface area contributed by atoms with Crippen molar-refractivity contribution in [3.63, 3.8) is 0 Å². The van der Waals surface area contributed by atoms with E-state index in [1.54, 1.807) is 48.7 Å². The zero-order valence-electron chi connectivity index (χ0n) is 18.5. The van der Waals surface area contributed by atoms with Crippen LogP contribution in [0.1, 0.15) is 30.6 Å². The van der Waals surface area contributed by atoms with Gasteiger partial charge in [0.05, 0.1) is 12.5 Å². The molecule has 1 aromatic heterocycles. The molecular weight excluding hydrogens is 460 g/mol. The largest absolute Gasteiger partial charge is 0.489 e. The molecule has 0 saturated carbocycles. The summed E-state index contributed by atoms with van der Waals surface area (Å²) in [6, 6.07) is 16.1. The number of rotatable bonds is 11. The summed E-state index contributed by atoms with van der Waals surface area (Å²) in [5.41, 5.74) is 3.19. The van der Waals surface area contributed by atoms with E-state index >= 15 is 0 Å². The fraction of sp³-hybridized carbons (Fsp3) is 0.240. The van der Waals surface area contributed by atoms with Crippen LogP contribution in [0.25, 0.3) is 11.1 Å². The van der Waals surface area contributed by atoms with Gasteiger partial charge in [0.25, 0.3) is 5.91 Å². The molecule has 2 aromatic carbocycles. The number of aliphatic carboxylic acids is 1. The number of carbonyl (C=O) groups is 2. The Morgan fingerprint density at radius 2 is 1.88 bits per heavy atom. The Balaban J connectivity index is 1.67. The molecule has 0 unspecified atom stereocenters. The van der Waals surface area contributed by atoms with Crippen LogP contribution in [0, 0.1) is 0 Å². The number of amides is 1. The lowest BCUT2D eigenvalue weighted by Gasteiger charge is -2.16. The maximum absolute atomic E-state index is 11.3. The SMILES string of the molecule is CCO[C@@H](CC(=O)O)c1ccc(OCc2ccc(Cl)c(-c3ccc(NC(=O)CO)nc3)c2)cc1. The second-order valence-electron chi connectivity index (χ2n) is 7.35. The molecule has 1 heterocycles. The van der Waals surface area contributed by atoms with Crippen LogP contribution in [0.4, 0.5) is 5.82 Å². The van der Waals surface area contributed by atoms with Crippen molar-refractivity contribution in [1.82, 2.24) is 4.98 Å². The number of carbonyl (C=O) groups excluding carboxylic acids is 1. The summed E-state index contributed by atoms with van der Waals surface area (Å²) in [6.45, 7) is 1.93. The average molecular weight is 485 g/mol. The van der Waals surface area contributed by atoms with Crippen LogP contribution in [-0.2, 0) is 20.9 Å². The number of carboxylic acid groups (broad SMARTS) is 1. The van der Waals surface area contributed by atoms with Gasteiger partial charge in [0, 0.05) is 29.0 Å². The van der Waals surface area contributed by atoms with Gasteiger partial charge in [-0.3, -0.25) is 9.59 Å². The smallest absolute Gasteiger partial charge is 0.306 e. The number of nitrogens with one attached hydrogen (secondary N) is 1. The van der Waals surface area contributed by atoms with Crippen molar-refractivity contribution in [2.75, 3.05) is 18.5 Å². The average Bonchev–Trinajstić information content (AvgIpc) is 2.84. The Morgan fingerprint density at radius 3 is 2.50 bits per heavy atom. The highest BCUT2D eigenvalue weighted by Crippen LogP contribution is 2.30. The zero-order valence-corrected chi connectivity index (χ0v) is 19.3. The summed E-state index contributed by atoms with van der Waals surface area (Å²) >= 11 is 6.38. The van der Waals surface area contributed by atoms with Crippen molar-refractivity contribution < 1.29 is 29.3 Å². The monoisotopic (exact) mass is 484 g/mol. The van der Waals surface area contributed by atoms with E-state index in [0.29, 0.717) is 29.8 Å². The molecule has 0 bridgehead atoms. The van der Waals surface area contributed by atoms with Crippen LogP contribution < -0.4 is 10.1 Å². The number of aromatic nitrogens is 1. The van der Waals surface area contributed by atoms with E-state index in [4.69, 9.17) is 31.3 Å². The van der Waals surface area contributed by atoms with Crippen LogP contribution in [0.3, 0.4) is 0 Å². The van der Waals surface area contributed by atoms with Gasteiger partial charge in [0.1, 0.15) is 24.8 Å². The Labute approximate surface area is 202 Å². The first-order chi connectivity index (χ1) is 16.4. The van der Waals surface area contributed by atoms with Crippen molar-refractivity contribution in [1.29, 1.82) is 0 Å². The van der Waals surface area contributed by atoms with Gasteiger partial charge in [-0.2, -0.15) is 0 Å². The Hall–Kier alpha value is -3.46. The quantitative estimate of drug-likeness (QED) is 0.367. The molecule has 9 heteroatoms. The van der Waals surface area contributed by atoms with E-state index in [-0.39, 0.29) is 6.42 Å². The molecule has 0 aliphatic rings. The summed E-state index contributed by atoms with van der Waals surface area (Å²) in [6.07, 6.45) is 0.974.